The van der Waals surface area contributed by atoms with E-state index in [1.54, 1.807) is 6.92 Å². The van der Waals surface area contributed by atoms with Gasteiger partial charge in [-0.25, -0.2) is 9.18 Å². The molecule has 1 aromatic rings. The zero-order valence-electron chi connectivity index (χ0n) is 18.2. The fourth-order valence-corrected chi connectivity index (χ4v) is 3.35. The number of Topliss-reactive ketones (excluding diaryl/α,β-unsaturated/α-hetero) is 1. The summed E-state index contributed by atoms with van der Waals surface area (Å²) in [5.74, 6) is -3.65. The van der Waals surface area contributed by atoms with E-state index in [0.29, 0.717) is 31.7 Å². The highest BCUT2D eigenvalue weighted by molar-refractivity contribution is 6.19. The lowest BCUT2D eigenvalue weighted by atomic mass is 9.96. The first-order valence-corrected chi connectivity index (χ1v) is 10.5. The summed E-state index contributed by atoms with van der Waals surface area (Å²) < 4.78 is 62.9. The van der Waals surface area contributed by atoms with Crippen molar-refractivity contribution in [1.29, 1.82) is 5.41 Å². The van der Waals surface area contributed by atoms with E-state index in [1.165, 1.54) is 0 Å². The van der Waals surface area contributed by atoms with Gasteiger partial charge in [-0.2, -0.15) is 13.2 Å². The van der Waals surface area contributed by atoms with Gasteiger partial charge in [-0.15, -0.1) is 0 Å². The second-order valence-electron chi connectivity index (χ2n) is 7.56. The van der Waals surface area contributed by atoms with Crippen molar-refractivity contribution >= 4 is 17.5 Å². The molecule has 0 radical (unpaired) electrons. The van der Waals surface area contributed by atoms with Crippen LogP contribution in [-0.4, -0.2) is 43.8 Å². The number of ether oxygens (including phenoxy) is 2. The van der Waals surface area contributed by atoms with E-state index in [9.17, 15) is 27.2 Å². The Hall–Kier alpha value is -2.95. The Labute approximate surface area is 188 Å². The van der Waals surface area contributed by atoms with Crippen LogP contribution in [-0.2, 0) is 20.4 Å². The molecule has 4 N–H and O–H groups in total. The lowest BCUT2D eigenvalue weighted by Crippen LogP contribution is -2.31. The van der Waals surface area contributed by atoms with Crippen LogP contribution in [0.25, 0.3) is 0 Å². The lowest BCUT2D eigenvalue weighted by molar-refractivity contribution is -0.140. The summed E-state index contributed by atoms with van der Waals surface area (Å²) in [7, 11) is 0. The summed E-state index contributed by atoms with van der Waals surface area (Å²) in [6.45, 7) is 2.43. The molecule has 0 unspecified atom stereocenters. The normalized spacial score (nSPS) is 15.5. The number of ketones is 1. The average Bonchev–Trinajstić information content (AvgIpc) is 2.77. The molecule has 11 heteroatoms. The van der Waals surface area contributed by atoms with Crippen LogP contribution in [0.1, 0.15) is 48.5 Å². The maximum Gasteiger partial charge on any atom is 0.419 e. The minimum Gasteiger partial charge on any atom is -0.454 e. The molecule has 1 aromatic carbocycles. The lowest BCUT2D eigenvalue weighted by Gasteiger charge is -2.22. The van der Waals surface area contributed by atoms with Gasteiger partial charge in [-0.1, -0.05) is 13.0 Å². The van der Waals surface area contributed by atoms with Crippen LogP contribution in [0.5, 0.6) is 0 Å². The molecule has 1 saturated heterocycles. The Bertz CT molecular complexity index is 909. The first-order chi connectivity index (χ1) is 15.6. The largest absolute Gasteiger partial charge is 0.454 e. The summed E-state index contributed by atoms with van der Waals surface area (Å²) >= 11 is 0. The van der Waals surface area contributed by atoms with Gasteiger partial charge in [-0.3, -0.25) is 4.79 Å². The van der Waals surface area contributed by atoms with E-state index < -0.39 is 41.5 Å². The topological polar surface area (TPSA) is 114 Å². The van der Waals surface area contributed by atoms with Crippen LogP contribution in [0.3, 0.4) is 0 Å². The van der Waals surface area contributed by atoms with Gasteiger partial charge in [0.05, 0.1) is 11.1 Å². The average molecular weight is 473 g/mol. The Kier molecular flexibility index (Phi) is 9.39. The van der Waals surface area contributed by atoms with Crippen molar-refractivity contribution in [1.82, 2.24) is 5.32 Å². The van der Waals surface area contributed by atoms with Gasteiger partial charge in [0.15, 0.2) is 6.61 Å². The van der Waals surface area contributed by atoms with Crippen LogP contribution in [0.15, 0.2) is 29.6 Å². The molecule has 182 valence electrons. The molecule has 7 nitrogen and oxygen atoms in total. The number of nitrogens with two attached hydrogens (primary N) is 1. The van der Waals surface area contributed by atoms with Crippen LogP contribution < -0.4 is 11.1 Å². The molecule has 1 fully saturated rings. The number of nitrogens with one attached hydrogen (secondary N) is 2. The predicted octanol–water partition coefficient (Wildman–Crippen LogP) is 3.58. The van der Waals surface area contributed by atoms with Gasteiger partial charge in [-0.05, 0) is 43.7 Å². The van der Waals surface area contributed by atoms with E-state index in [-0.39, 0.29) is 23.5 Å². The fourth-order valence-electron chi connectivity index (χ4n) is 3.35. The summed E-state index contributed by atoms with van der Waals surface area (Å²) in [5.41, 5.74) is 3.09. The van der Waals surface area contributed by atoms with Crippen LogP contribution in [0, 0.1) is 17.1 Å². The highest BCUT2D eigenvalue weighted by Crippen LogP contribution is 2.32. The molecule has 1 aliphatic heterocycles. The summed E-state index contributed by atoms with van der Waals surface area (Å²) in [6, 6.07) is 2.27. The SMILES string of the molecule is CCC(=N)/C(C(=O)OCC(=O)c1cccc(C(F)(F)F)c1F)=C(/N)NCCC1CCOCC1. The molecule has 1 aliphatic rings. The molecule has 33 heavy (non-hydrogen) atoms. The molecule has 0 saturated carbocycles. The quantitative estimate of drug-likeness (QED) is 0.157. The number of rotatable bonds is 10. The number of carbonyl (C=O) groups excluding carboxylic acids is 2. The highest BCUT2D eigenvalue weighted by Gasteiger charge is 2.35. The number of carbonyl (C=O) groups is 2. The number of hydrogen-bond acceptors (Lipinski definition) is 7. The van der Waals surface area contributed by atoms with Crippen molar-refractivity contribution in [2.24, 2.45) is 11.7 Å². The van der Waals surface area contributed by atoms with Gasteiger partial charge in [0.25, 0.3) is 0 Å². The van der Waals surface area contributed by atoms with Crippen molar-refractivity contribution in [3.8, 4) is 0 Å². The highest BCUT2D eigenvalue weighted by atomic mass is 19.4. The van der Waals surface area contributed by atoms with Gasteiger partial charge in [0.1, 0.15) is 17.2 Å². The molecule has 0 amide bonds. The van der Waals surface area contributed by atoms with Crippen molar-refractivity contribution in [2.45, 2.75) is 38.8 Å². The van der Waals surface area contributed by atoms with Crippen LogP contribution in [0.2, 0.25) is 0 Å². The molecule has 0 aliphatic carbocycles. The Morgan fingerprint density at radius 1 is 1.27 bits per heavy atom. The molecule has 1 heterocycles. The summed E-state index contributed by atoms with van der Waals surface area (Å²) in [6.07, 6.45) is -2.23. The maximum absolute atomic E-state index is 14.1. The number of esters is 1. The van der Waals surface area contributed by atoms with Crippen LogP contribution >= 0.6 is 0 Å². The molecule has 0 bridgehead atoms. The first-order valence-electron chi connectivity index (χ1n) is 10.5. The minimum atomic E-state index is -4.98. The summed E-state index contributed by atoms with van der Waals surface area (Å²) in [4.78, 5) is 24.7. The fraction of sp³-hybridized carbons (Fsp3) is 0.500. The number of benzene rings is 1. The van der Waals surface area contributed by atoms with Crippen molar-refractivity contribution in [3.05, 3.63) is 46.5 Å². The van der Waals surface area contributed by atoms with Crippen molar-refractivity contribution in [3.63, 3.8) is 0 Å². The minimum absolute atomic E-state index is 0.100. The van der Waals surface area contributed by atoms with E-state index in [1.807, 2.05) is 0 Å². The van der Waals surface area contributed by atoms with E-state index >= 15 is 0 Å². The van der Waals surface area contributed by atoms with Gasteiger partial charge < -0.3 is 25.9 Å². The predicted molar refractivity (Wildman–Crippen MR) is 112 cm³/mol. The van der Waals surface area contributed by atoms with Gasteiger partial charge >= 0.3 is 12.1 Å². The standard InChI is InChI=1S/C22H27F4N3O4/c1-2-16(27)18(20(28)29-9-6-13-7-10-32-11-8-13)21(31)33-12-17(30)14-4-3-5-15(19(14)23)22(24,25)26/h3-5,13,27,29H,2,6-12,28H2,1H3/b20-18+,27-16?. The van der Waals surface area contributed by atoms with Gasteiger partial charge in [0, 0.05) is 25.5 Å². The molecule has 0 aromatic heterocycles. The third-order valence-electron chi connectivity index (χ3n) is 5.28. The monoisotopic (exact) mass is 473 g/mol. The van der Waals surface area contributed by atoms with E-state index in [4.69, 9.17) is 20.6 Å². The number of hydrogen-bond donors (Lipinski definition) is 3. The number of halogens is 4. The van der Waals surface area contributed by atoms with Gasteiger partial charge in [0.2, 0.25) is 5.78 Å². The molecule has 0 spiro atoms. The Balaban J connectivity index is 2.05. The molecular weight excluding hydrogens is 446 g/mol. The maximum atomic E-state index is 14.1. The zero-order valence-corrected chi connectivity index (χ0v) is 18.2. The third-order valence-corrected chi connectivity index (χ3v) is 5.28. The molecule has 2 rings (SSSR count). The molecular formula is C22H27F4N3O4. The Morgan fingerprint density at radius 3 is 2.55 bits per heavy atom. The third kappa shape index (κ3) is 7.28. The van der Waals surface area contributed by atoms with Crippen LogP contribution in [0.4, 0.5) is 17.6 Å². The second-order valence-corrected chi connectivity index (χ2v) is 7.56. The second kappa shape index (κ2) is 11.8. The van der Waals surface area contributed by atoms with E-state index in [2.05, 4.69) is 5.32 Å². The zero-order chi connectivity index (χ0) is 24.6. The molecule has 0 atom stereocenters. The Morgan fingerprint density at radius 2 is 1.94 bits per heavy atom. The number of alkyl halides is 3. The first kappa shape index (κ1) is 26.3. The smallest absolute Gasteiger partial charge is 0.419 e. The van der Waals surface area contributed by atoms with E-state index in [0.717, 1.165) is 31.4 Å². The summed E-state index contributed by atoms with van der Waals surface area (Å²) in [5, 5.41) is 10.9. The van der Waals surface area contributed by atoms with Crippen molar-refractivity contribution in [2.75, 3.05) is 26.4 Å². The van der Waals surface area contributed by atoms with Crippen molar-refractivity contribution < 1.29 is 36.6 Å².